The van der Waals surface area contributed by atoms with Crippen molar-refractivity contribution in [3.8, 4) is 0 Å². The van der Waals surface area contributed by atoms with Gasteiger partial charge < -0.3 is 9.67 Å². The van der Waals surface area contributed by atoms with Gasteiger partial charge in [0.2, 0.25) is 0 Å². The van der Waals surface area contributed by atoms with Crippen LogP contribution in [0.3, 0.4) is 0 Å². The Balaban J connectivity index is 2.98. The summed E-state index contributed by atoms with van der Waals surface area (Å²) >= 11 is 0. The van der Waals surface area contributed by atoms with Crippen LogP contribution >= 0.6 is 0 Å². The van der Waals surface area contributed by atoms with Crippen LogP contribution in [0, 0.1) is 0 Å². The predicted octanol–water partition coefficient (Wildman–Crippen LogP) is 1.55. The molecular formula is C7H9NO. The first kappa shape index (κ1) is 5.95. The van der Waals surface area contributed by atoms with E-state index in [2.05, 4.69) is 6.58 Å². The first-order valence-electron chi connectivity index (χ1n) is 2.70. The van der Waals surface area contributed by atoms with E-state index in [1.807, 2.05) is 30.1 Å². The Labute approximate surface area is 54.0 Å². The Bertz CT molecular complexity index is 225. The molecule has 0 saturated carbocycles. The number of nitrogens with zero attached hydrogens (tertiary/aromatic N) is 1. The van der Waals surface area contributed by atoms with Crippen LogP contribution in [0.4, 0.5) is 0 Å². The molecule has 9 heavy (non-hydrogen) atoms. The van der Waals surface area contributed by atoms with Crippen LogP contribution in [-0.4, -0.2) is 9.67 Å². The van der Waals surface area contributed by atoms with Crippen molar-refractivity contribution < 1.29 is 5.11 Å². The van der Waals surface area contributed by atoms with Crippen LogP contribution in [0.5, 0.6) is 0 Å². The lowest BCUT2D eigenvalue weighted by Gasteiger charge is -1.88. The third-order valence-electron chi connectivity index (χ3n) is 1.17. The number of hydrogen-bond acceptors (Lipinski definition) is 1. The van der Waals surface area contributed by atoms with Gasteiger partial charge in [0.15, 0.2) is 0 Å². The number of hydrogen-bond donors (Lipinski definition) is 1. The normalized spacial score (nSPS) is 9.44. The number of aliphatic hydroxyl groups is 1. The van der Waals surface area contributed by atoms with Crippen LogP contribution in [0.15, 0.2) is 25.0 Å². The summed E-state index contributed by atoms with van der Waals surface area (Å²) in [5, 5.41) is 8.83. The second-order valence-electron chi connectivity index (χ2n) is 2.01. The quantitative estimate of drug-likeness (QED) is 0.563. The van der Waals surface area contributed by atoms with Gasteiger partial charge in [0.25, 0.3) is 0 Å². The largest absolute Gasteiger partial charge is 0.508 e. The molecule has 1 heterocycles. The molecule has 2 nitrogen and oxygen atoms in total. The molecule has 48 valence electrons. The number of rotatable bonds is 1. The van der Waals surface area contributed by atoms with Crippen molar-refractivity contribution in [3.05, 3.63) is 30.6 Å². The topological polar surface area (TPSA) is 25.2 Å². The molecule has 0 aliphatic heterocycles. The molecule has 0 fully saturated rings. The molecule has 1 aromatic heterocycles. The zero-order chi connectivity index (χ0) is 6.85. The van der Waals surface area contributed by atoms with E-state index in [1.54, 1.807) is 0 Å². The van der Waals surface area contributed by atoms with Crippen molar-refractivity contribution in [2.75, 3.05) is 0 Å². The van der Waals surface area contributed by atoms with Crippen LogP contribution in [0.1, 0.15) is 5.56 Å². The van der Waals surface area contributed by atoms with Gasteiger partial charge in [0, 0.05) is 25.0 Å². The molecule has 0 saturated heterocycles. The Hall–Kier alpha value is -1.18. The van der Waals surface area contributed by atoms with Crippen LogP contribution in [0.25, 0.3) is 5.76 Å². The Morgan fingerprint density at radius 3 is 2.67 bits per heavy atom. The molecule has 1 rings (SSSR count). The van der Waals surface area contributed by atoms with Gasteiger partial charge in [-0.05, 0) is 6.07 Å². The predicted molar refractivity (Wildman–Crippen MR) is 37.1 cm³/mol. The van der Waals surface area contributed by atoms with Gasteiger partial charge in [-0.2, -0.15) is 0 Å². The minimum absolute atomic E-state index is 0.121. The third kappa shape index (κ3) is 1.13. The Kier molecular flexibility index (Phi) is 1.30. The lowest BCUT2D eigenvalue weighted by atomic mass is 10.3. The molecular weight excluding hydrogens is 114 g/mol. The highest BCUT2D eigenvalue weighted by molar-refractivity contribution is 5.54. The maximum Gasteiger partial charge on any atom is 0.117 e. The monoisotopic (exact) mass is 123 g/mol. The van der Waals surface area contributed by atoms with E-state index < -0.39 is 0 Å². The molecule has 1 N–H and O–H groups in total. The lowest BCUT2D eigenvalue weighted by Crippen LogP contribution is -1.79. The molecule has 0 unspecified atom stereocenters. The minimum Gasteiger partial charge on any atom is -0.508 e. The molecule has 0 aromatic carbocycles. The van der Waals surface area contributed by atoms with Gasteiger partial charge in [-0.1, -0.05) is 6.58 Å². The molecule has 0 bridgehead atoms. The fourth-order valence-electron chi connectivity index (χ4n) is 0.674. The summed E-state index contributed by atoms with van der Waals surface area (Å²) in [7, 11) is 1.90. The molecule has 0 aliphatic rings. The lowest BCUT2D eigenvalue weighted by molar-refractivity contribution is 0.513. The summed E-state index contributed by atoms with van der Waals surface area (Å²) < 4.78 is 1.86. The van der Waals surface area contributed by atoms with Crippen molar-refractivity contribution in [1.29, 1.82) is 0 Å². The fraction of sp³-hybridized carbons (Fsp3) is 0.143. The second-order valence-corrected chi connectivity index (χ2v) is 2.01. The summed E-state index contributed by atoms with van der Waals surface area (Å²) in [5.41, 5.74) is 0.775. The number of aryl methyl sites for hydroxylation is 1. The van der Waals surface area contributed by atoms with Crippen LogP contribution in [-0.2, 0) is 7.05 Å². The summed E-state index contributed by atoms with van der Waals surface area (Å²) in [6, 6.07) is 1.81. The fourth-order valence-corrected chi connectivity index (χ4v) is 0.674. The van der Waals surface area contributed by atoms with Crippen molar-refractivity contribution in [3.63, 3.8) is 0 Å². The van der Waals surface area contributed by atoms with E-state index >= 15 is 0 Å². The van der Waals surface area contributed by atoms with Gasteiger partial charge in [-0.25, -0.2) is 0 Å². The summed E-state index contributed by atoms with van der Waals surface area (Å²) in [6.45, 7) is 3.38. The maximum absolute atomic E-state index is 8.83. The number of aliphatic hydroxyl groups excluding tert-OH is 1. The smallest absolute Gasteiger partial charge is 0.117 e. The maximum atomic E-state index is 8.83. The average molecular weight is 123 g/mol. The van der Waals surface area contributed by atoms with Crippen molar-refractivity contribution in [1.82, 2.24) is 4.57 Å². The van der Waals surface area contributed by atoms with E-state index in [9.17, 15) is 0 Å². The third-order valence-corrected chi connectivity index (χ3v) is 1.17. The Morgan fingerprint density at radius 1 is 1.78 bits per heavy atom. The summed E-state index contributed by atoms with van der Waals surface area (Å²) in [4.78, 5) is 0. The van der Waals surface area contributed by atoms with E-state index in [4.69, 9.17) is 5.11 Å². The van der Waals surface area contributed by atoms with Crippen molar-refractivity contribution in [2.45, 2.75) is 0 Å². The van der Waals surface area contributed by atoms with Gasteiger partial charge in [-0.15, -0.1) is 0 Å². The van der Waals surface area contributed by atoms with Gasteiger partial charge >= 0.3 is 0 Å². The van der Waals surface area contributed by atoms with E-state index in [1.165, 1.54) is 0 Å². The average Bonchev–Trinajstić information content (AvgIpc) is 2.14. The molecule has 0 amide bonds. The first-order chi connectivity index (χ1) is 4.20. The van der Waals surface area contributed by atoms with Crippen molar-refractivity contribution in [2.24, 2.45) is 7.05 Å². The first-order valence-corrected chi connectivity index (χ1v) is 2.70. The van der Waals surface area contributed by atoms with E-state index in [0.717, 1.165) is 5.56 Å². The molecule has 2 heteroatoms. The van der Waals surface area contributed by atoms with Gasteiger partial charge in [0.05, 0.1) is 0 Å². The van der Waals surface area contributed by atoms with Crippen molar-refractivity contribution >= 4 is 5.76 Å². The zero-order valence-electron chi connectivity index (χ0n) is 5.33. The zero-order valence-corrected chi connectivity index (χ0v) is 5.33. The van der Waals surface area contributed by atoms with Gasteiger partial charge in [-0.3, -0.25) is 0 Å². The molecule has 0 radical (unpaired) electrons. The highest BCUT2D eigenvalue weighted by atomic mass is 16.3. The highest BCUT2D eigenvalue weighted by Crippen LogP contribution is 2.07. The minimum atomic E-state index is 0.121. The standard InChI is InChI=1S/C7H9NO/c1-6(9)7-3-4-8(2)5-7/h3-5,9H,1H2,2H3. The van der Waals surface area contributed by atoms with Crippen LogP contribution in [0.2, 0.25) is 0 Å². The summed E-state index contributed by atoms with van der Waals surface area (Å²) in [5.74, 6) is 0.121. The Morgan fingerprint density at radius 2 is 2.44 bits per heavy atom. The highest BCUT2D eigenvalue weighted by Gasteiger charge is 1.94. The van der Waals surface area contributed by atoms with Gasteiger partial charge in [0.1, 0.15) is 5.76 Å². The second kappa shape index (κ2) is 1.97. The molecule has 0 spiro atoms. The molecule has 0 aliphatic carbocycles. The molecule has 0 atom stereocenters. The van der Waals surface area contributed by atoms with E-state index in [0.29, 0.717) is 0 Å². The molecule has 1 aromatic rings. The SMILES string of the molecule is C=C(O)c1ccn(C)c1. The summed E-state index contributed by atoms with van der Waals surface area (Å²) in [6.07, 6.45) is 3.67. The van der Waals surface area contributed by atoms with Crippen LogP contribution < -0.4 is 0 Å². The number of aromatic nitrogens is 1. The van der Waals surface area contributed by atoms with E-state index in [-0.39, 0.29) is 5.76 Å².